The third kappa shape index (κ3) is 3.64. The summed E-state index contributed by atoms with van der Waals surface area (Å²) in [6.45, 7) is 0. The SMILES string of the molecule is c1ccc(-c2cccc(-c3cccc4c3sc3cccc(-c5ccc6c(c5)-c5ccccc5C65C6CC7CC(C6)CC5C7)c34)c2)cc1. The van der Waals surface area contributed by atoms with Gasteiger partial charge in [0, 0.05) is 25.6 Å². The summed E-state index contributed by atoms with van der Waals surface area (Å²) in [5.41, 5.74) is 14.3. The molecule has 12 rings (SSSR count). The van der Waals surface area contributed by atoms with Crippen molar-refractivity contribution in [2.75, 3.05) is 0 Å². The van der Waals surface area contributed by atoms with Gasteiger partial charge in [0.25, 0.3) is 0 Å². The number of hydrogen-bond donors (Lipinski definition) is 0. The molecule has 0 radical (unpaired) electrons. The predicted molar refractivity (Wildman–Crippen MR) is 199 cm³/mol. The third-order valence-electron chi connectivity index (χ3n) is 12.7. The van der Waals surface area contributed by atoms with Crippen LogP contribution in [0.25, 0.3) is 64.7 Å². The summed E-state index contributed by atoms with van der Waals surface area (Å²) in [5, 5.41) is 2.76. The molecule has 0 nitrogen and oxygen atoms in total. The number of hydrogen-bond acceptors (Lipinski definition) is 1. The molecule has 1 heteroatoms. The molecule has 4 saturated carbocycles. The molecule has 4 bridgehead atoms. The number of rotatable bonds is 3. The summed E-state index contributed by atoms with van der Waals surface area (Å²) < 4.78 is 2.74. The summed E-state index contributed by atoms with van der Waals surface area (Å²) >= 11 is 1.94. The van der Waals surface area contributed by atoms with Gasteiger partial charge in [0.05, 0.1) is 0 Å². The van der Waals surface area contributed by atoms with E-state index in [2.05, 4.69) is 133 Å². The van der Waals surface area contributed by atoms with E-state index in [1.165, 1.54) is 96.8 Å². The fraction of sp³-hybridized carbons (Fsp3) is 0.217. The molecule has 4 fully saturated rings. The molecule has 1 aromatic heterocycles. The van der Waals surface area contributed by atoms with Crippen molar-refractivity contribution in [3.8, 4) is 44.5 Å². The molecular formula is C46H36S. The molecule has 0 saturated heterocycles. The van der Waals surface area contributed by atoms with Crippen LogP contribution in [-0.2, 0) is 5.41 Å². The van der Waals surface area contributed by atoms with Gasteiger partial charge in [0.1, 0.15) is 0 Å². The molecule has 7 aromatic rings. The zero-order valence-corrected chi connectivity index (χ0v) is 27.3. The molecule has 1 heterocycles. The van der Waals surface area contributed by atoms with Gasteiger partial charge in [0.2, 0.25) is 0 Å². The van der Waals surface area contributed by atoms with Gasteiger partial charge in [-0.2, -0.15) is 0 Å². The van der Waals surface area contributed by atoms with Crippen molar-refractivity contribution in [3.63, 3.8) is 0 Å². The van der Waals surface area contributed by atoms with Crippen LogP contribution in [0.1, 0.15) is 43.2 Å². The van der Waals surface area contributed by atoms with Crippen molar-refractivity contribution in [1.29, 1.82) is 0 Å². The quantitative estimate of drug-likeness (QED) is 0.184. The Bertz CT molecular complexity index is 2340. The molecule has 5 aliphatic rings. The van der Waals surface area contributed by atoms with Crippen LogP contribution >= 0.6 is 11.3 Å². The van der Waals surface area contributed by atoms with Gasteiger partial charge >= 0.3 is 0 Å². The van der Waals surface area contributed by atoms with Gasteiger partial charge in [0.15, 0.2) is 0 Å². The Morgan fingerprint density at radius 2 is 1.09 bits per heavy atom. The van der Waals surface area contributed by atoms with E-state index in [4.69, 9.17) is 0 Å². The molecule has 226 valence electrons. The summed E-state index contributed by atoms with van der Waals surface area (Å²) in [5.74, 6) is 3.53. The zero-order valence-electron chi connectivity index (χ0n) is 26.5. The summed E-state index contributed by atoms with van der Waals surface area (Å²) in [6.07, 6.45) is 7.21. The molecule has 5 aliphatic carbocycles. The number of thiophene rings is 1. The van der Waals surface area contributed by atoms with Gasteiger partial charge in [-0.25, -0.2) is 0 Å². The first-order chi connectivity index (χ1) is 23.3. The van der Waals surface area contributed by atoms with Crippen molar-refractivity contribution in [1.82, 2.24) is 0 Å². The topological polar surface area (TPSA) is 0 Å². The lowest BCUT2D eigenvalue weighted by molar-refractivity contribution is -0.0399. The van der Waals surface area contributed by atoms with E-state index < -0.39 is 0 Å². The fourth-order valence-electron chi connectivity index (χ4n) is 11.1. The standard InChI is InChI=1S/C46H36S/c1-2-9-30(10-3-1)31-11-6-12-32(26-31)37-15-7-16-39-44-36(14-8-18-43(44)47-45(37)39)33-19-20-42-40(27-33)38-13-4-5-17-41(38)46(42)34-22-28-21-29(24-34)25-35(46)23-28/h1-20,26-29,34-35H,21-25H2. The third-order valence-corrected chi connectivity index (χ3v) is 13.9. The largest absolute Gasteiger partial charge is 0.135 e. The van der Waals surface area contributed by atoms with Crippen LogP contribution in [0.3, 0.4) is 0 Å². The Morgan fingerprint density at radius 3 is 1.94 bits per heavy atom. The molecule has 0 amide bonds. The van der Waals surface area contributed by atoms with Gasteiger partial charge in [-0.15, -0.1) is 11.3 Å². The van der Waals surface area contributed by atoms with Crippen molar-refractivity contribution in [3.05, 3.63) is 145 Å². The highest BCUT2D eigenvalue weighted by atomic mass is 32.1. The maximum absolute atomic E-state index is 2.57. The van der Waals surface area contributed by atoms with E-state index in [1.807, 2.05) is 11.3 Å². The molecule has 0 unspecified atom stereocenters. The summed E-state index contributed by atoms with van der Waals surface area (Å²) in [4.78, 5) is 0. The lowest BCUT2D eigenvalue weighted by Gasteiger charge is -2.61. The van der Waals surface area contributed by atoms with E-state index in [9.17, 15) is 0 Å². The van der Waals surface area contributed by atoms with Gasteiger partial charge in [-0.05, 0) is 130 Å². The molecule has 0 aliphatic heterocycles. The lowest BCUT2D eigenvalue weighted by atomic mass is 9.43. The Kier molecular flexibility index (Phi) is 5.53. The highest BCUT2D eigenvalue weighted by Gasteiger charge is 2.61. The van der Waals surface area contributed by atoms with Gasteiger partial charge < -0.3 is 0 Å². The second-order valence-electron chi connectivity index (χ2n) is 14.9. The highest BCUT2D eigenvalue weighted by Crippen LogP contribution is 2.69. The first kappa shape index (κ1) is 26.6. The predicted octanol–water partition coefficient (Wildman–Crippen LogP) is 12.8. The maximum atomic E-state index is 2.57. The average Bonchev–Trinajstić information content (AvgIpc) is 3.65. The van der Waals surface area contributed by atoms with Crippen molar-refractivity contribution in [2.45, 2.75) is 37.5 Å². The van der Waals surface area contributed by atoms with E-state index in [-0.39, 0.29) is 5.41 Å². The second kappa shape index (κ2) is 9.78. The van der Waals surface area contributed by atoms with Gasteiger partial charge in [-0.3, -0.25) is 0 Å². The smallest absolute Gasteiger partial charge is 0.0434 e. The van der Waals surface area contributed by atoms with E-state index in [1.54, 1.807) is 11.1 Å². The van der Waals surface area contributed by atoms with E-state index in [0.29, 0.717) is 0 Å². The minimum absolute atomic E-state index is 0.224. The minimum Gasteiger partial charge on any atom is -0.135 e. The normalized spacial score (nSPS) is 25.1. The van der Waals surface area contributed by atoms with Crippen LogP contribution in [0.15, 0.2) is 133 Å². The molecule has 0 N–H and O–H groups in total. The minimum atomic E-state index is 0.224. The van der Waals surface area contributed by atoms with Crippen LogP contribution in [-0.4, -0.2) is 0 Å². The van der Waals surface area contributed by atoms with Crippen LogP contribution in [0.2, 0.25) is 0 Å². The summed E-state index contributed by atoms with van der Waals surface area (Å²) in [7, 11) is 0. The fourth-order valence-corrected chi connectivity index (χ4v) is 12.4. The van der Waals surface area contributed by atoms with Gasteiger partial charge in [-0.1, -0.05) is 115 Å². The Hall–Kier alpha value is -4.46. The Labute approximate surface area is 280 Å². The molecular weight excluding hydrogens is 585 g/mol. The molecule has 6 aromatic carbocycles. The summed E-state index contributed by atoms with van der Waals surface area (Å²) in [6, 6.07) is 50.7. The van der Waals surface area contributed by atoms with Crippen LogP contribution in [0, 0.1) is 23.7 Å². The highest BCUT2D eigenvalue weighted by molar-refractivity contribution is 7.26. The average molecular weight is 621 g/mol. The number of fused-ring (bicyclic) bond motifs is 6. The monoisotopic (exact) mass is 620 g/mol. The van der Waals surface area contributed by atoms with Crippen molar-refractivity contribution < 1.29 is 0 Å². The molecule has 1 spiro atoms. The number of benzene rings is 6. The Balaban J connectivity index is 1.08. The van der Waals surface area contributed by atoms with Crippen LogP contribution in [0.5, 0.6) is 0 Å². The first-order valence-corrected chi connectivity index (χ1v) is 18.4. The molecule has 47 heavy (non-hydrogen) atoms. The maximum Gasteiger partial charge on any atom is 0.0434 e. The second-order valence-corrected chi connectivity index (χ2v) is 15.9. The van der Waals surface area contributed by atoms with E-state index >= 15 is 0 Å². The van der Waals surface area contributed by atoms with Crippen molar-refractivity contribution >= 4 is 31.5 Å². The zero-order chi connectivity index (χ0) is 30.7. The lowest BCUT2D eigenvalue weighted by Crippen LogP contribution is -2.55. The Morgan fingerprint density at radius 1 is 0.447 bits per heavy atom. The van der Waals surface area contributed by atoms with Crippen molar-refractivity contribution in [2.24, 2.45) is 23.7 Å². The van der Waals surface area contributed by atoms with E-state index in [0.717, 1.165) is 23.7 Å². The van der Waals surface area contributed by atoms with Crippen LogP contribution < -0.4 is 0 Å². The van der Waals surface area contributed by atoms with Crippen LogP contribution in [0.4, 0.5) is 0 Å². The molecule has 0 atom stereocenters. The first-order valence-electron chi connectivity index (χ1n) is 17.6.